The number of benzene rings is 3. The van der Waals surface area contributed by atoms with Crippen LogP contribution in [0.15, 0.2) is 90.5 Å². The predicted molar refractivity (Wildman–Crippen MR) is 230 cm³/mol. The molecule has 4 fully saturated rings. The van der Waals surface area contributed by atoms with Crippen LogP contribution in [0.25, 0.3) is 20.5 Å². The van der Waals surface area contributed by atoms with Crippen LogP contribution in [0, 0.1) is 28.6 Å². The molecule has 1 aliphatic heterocycles. The van der Waals surface area contributed by atoms with Gasteiger partial charge in [0, 0.05) is 55.8 Å². The van der Waals surface area contributed by atoms with Crippen molar-refractivity contribution in [1.82, 2.24) is 4.90 Å². The second-order valence-corrected chi connectivity index (χ2v) is 18.7. The molecular weight excluding hydrogens is 779 g/mol. The smallest absolute Gasteiger partial charge is 0.195 e. The van der Waals surface area contributed by atoms with Crippen molar-refractivity contribution in [2.24, 2.45) is 28.6 Å². The summed E-state index contributed by atoms with van der Waals surface area (Å²) in [5.74, 6) is 0.419. The second-order valence-electron chi connectivity index (χ2n) is 17.7. The average molecular weight is 832 g/mol. The average Bonchev–Trinajstić information content (AvgIpc) is 3.75. The lowest BCUT2D eigenvalue weighted by molar-refractivity contribution is -0.168. The number of aliphatic hydroxyl groups is 2. The van der Waals surface area contributed by atoms with Gasteiger partial charge in [0.15, 0.2) is 17.3 Å². The van der Waals surface area contributed by atoms with Crippen LogP contribution in [-0.2, 0) is 14.4 Å². The molecule has 4 aromatic rings. The Hall–Kier alpha value is -4.94. The third-order valence-electron chi connectivity index (χ3n) is 14.3. The Morgan fingerprint density at radius 2 is 1.63 bits per heavy atom. The van der Waals surface area contributed by atoms with E-state index in [1.807, 2.05) is 44.2 Å². The van der Waals surface area contributed by atoms with Gasteiger partial charge in [-0.25, -0.2) is 0 Å². The number of aromatic hydroxyl groups is 2. The monoisotopic (exact) mass is 831 g/mol. The molecule has 0 spiro atoms. The number of ether oxygens (including phenoxy) is 1. The van der Waals surface area contributed by atoms with Crippen molar-refractivity contribution in [2.75, 3.05) is 32.8 Å². The Bertz CT molecular complexity index is 2380. The highest BCUT2D eigenvalue weighted by Crippen LogP contribution is 2.66. The maximum atomic E-state index is 13.6. The number of allylic oxidation sites excluding steroid dienone is 4. The van der Waals surface area contributed by atoms with Crippen LogP contribution in [0.3, 0.4) is 0 Å². The molecule has 6 atom stereocenters. The Morgan fingerprint density at radius 1 is 0.917 bits per heavy atom. The topological polar surface area (TPSA) is 162 Å². The lowest BCUT2D eigenvalue weighted by Gasteiger charge is -2.56. The van der Waals surface area contributed by atoms with E-state index in [9.17, 15) is 39.6 Å². The third kappa shape index (κ3) is 7.44. The van der Waals surface area contributed by atoms with Crippen LogP contribution in [-0.4, -0.2) is 86.9 Å². The van der Waals surface area contributed by atoms with Gasteiger partial charge in [0.2, 0.25) is 0 Å². The Morgan fingerprint density at radius 3 is 2.35 bits per heavy atom. The number of phenolic OH excluding ortho intramolecular Hbond substituents is 2. The first kappa shape index (κ1) is 41.8. The van der Waals surface area contributed by atoms with Crippen molar-refractivity contribution >= 4 is 44.6 Å². The van der Waals surface area contributed by atoms with E-state index in [-0.39, 0.29) is 53.0 Å². The van der Waals surface area contributed by atoms with E-state index >= 15 is 0 Å². The van der Waals surface area contributed by atoms with Crippen molar-refractivity contribution in [3.05, 3.63) is 102 Å². The fraction of sp³-hybridized carbons (Fsp3) is 0.429. The van der Waals surface area contributed by atoms with E-state index in [1.165, 1.54) is 30.6 Å². The minimum atomic E-state index is -1.62. The molecule has 3 saturated carbocycles. The highest BCUT2D eigenvalue weighted by molar-refractivity contribution is 7.22. The Balaban J connectivity index is 0.000000172. The van der Waals surface area contributed by atoms with E-state index in [0.29, 0.717) is 30.6 Å². The van der Waals surface area contributed by atoms with E-state index in [0.717, 1.165) is 64.3 Å². The number of ketones is 4. The van der Waals surface area contributed by atoms with Gasteiger partial charge in [0.1, 0.15) is 41.8 Å². The number of Topliss-reactive ketones (excluding diaryl/α,β-unsaturated/α-hetero) is 2. The molecule has 60 heavy (non-hydrogen) atoms. The number of nitrogens with zero attached hydrogens (tertiary/aromatic N) is 1. The van der Waals surface area contributed by atoms with Gasteiger partial charge in [-0.15, -0.1) is 11.3 Å². The van der Waals surface area contributed by atoms with Crippen LogP contribution in [0.5, 0.6) is 17.2 Å². The summed E-state index contributed by atoms with van der Waals surface area (Å²) < 4.78 is 6.76. The van der Waals surface area contributed by atoms with Crippen LogP contribution < -0.4 is 4.74 Å². The molecule has 5 aliphatic rings. The number of likely N-dealkylation sites (tertiary alicyclic amines) is 1. The molecule has 0 amide bonds. The van der Waals surface area contributed by atoms with E-state index in [2.05, 4.69) is 4.90 Å². The zero-order valence-electron chi connectivity index (χ0n) is 34.2. The van der Waals surface area contributed by atoms with Crippen LogP contribution >= 0.6 is 11.3 Å². The highest BCUT2D eigenvalue weighted by Gasteiger charge is 2.68. The summed E-state index contributed by atoms with van der Waals surface area (Å²) in [5, 5.41) is 40.9. The summed E-state index contributed by atoms with van der Waals surface area (Å²) in [7, 11) is 0. The number of carbonyl (C=O) groups is 4. The fourth-order valence-electron chi connectivity index (χ4n) is 11.1. The lowest BCUT2D eigenvalue weighted by Crippen LogP contribution is -2.60. The quantitative estimate of drug-likeness (QED) is 0.122. The summed E-state index contributed by atoms with van der Waals surface area (Å²) in [4.78, 5) is 54.3. The summed E-state index contributed by atoms with van der Waals surface area (Å²) in [6.07, 6.45) is 11.7. The van der Waals surface area contributed by atoms with E-state index in [4.69, 9.17) is 4.74 Å². The van der Waals surface area contributed by atoms with Gasteiger partial charge in [-0.3, -0.25) is 24.1 Å². The maximum absolute atomic E-state index is 13.6. The maximum Gasteiger partial charge on any atom is 0.195 e. The van der Waals surface area contributed by atoms with Crippen LogP contribution in [0.4, 0.5) is 0 Å². The van der Waals surface area contributed by atoms with E-state index < -0.39 is 28.8 Å². The highest BCUT2D eigenvalue weighted by atomic mass is 32.1. The summed E-state index contributed by atoms with van der Waals surface area (Å²) in [5.41, 5.74) is 0.166. The van der Waals surface area contributed by atoms with Gasteiger partial charge in [-0.2, -0.15) is 0 Å². The summed E-state index contributed by atoms with van der Waals surface area (Å²) in [6.45, 7) is 7.04. The number of thiophene rings is 1. The molecule has 4 aliphatic carbocycles. The third-order valence-corrected chi connectivity index (χ3v) is 15.5. The summed E-state index contributed by atoms with van der Waals surface area (Å²) >= 11 is 1.46. The molecule has 9 rings (SSSR count). The van der Waals surface area contributed by atoms with Gasteiger partial charge < -0.3 is 25.2 Å². The van der Waals surface area contributed by atoms with Crippen LogP contribution in [0.2, 0.25) is 0 Å². The summed E-state index contributed by atoms with van der Waals surface area (Å²) in [6, 6.07) is 19.2. The number of phenols is 2. The molecule has 4 N–H and O–H groups in total. The fourth-order valence-corrected chi connectivity index (χ4v) is 12.3. The molecular formula is C49H53NO9S. The second kappa shape index (κ2) is 16.5. The molecule has 10 nitrogen and oxygen atoms in total. The van der Waals surface area contributed by atoms with Gasteiger partial charge in [-0.05, 0) is 148 Å². The number of fused-ring (bicyclic) bond motifs is 6. The number of piperidine rings is 1. The Labute approximate surface area is 354 Å². The minimum Gasteiger partial charge on any atom is -0.508 e. The SMILES string of the molecule is C[C@]12C=CC(=O)C=C1CC[C@@H]1[C@@H]2C(=O)C[C@@]2(C)[C@H]1CC[C@]2(O)C(=O)CO.O=C(c1ccc(OCCN2CCCCC2)cc1)c1c(-c2ccc(O)cc2)sc2cc(O)ccc12. The molecule has 1 saturated heterocycles. The minimum absolute atomic E-state index is 0.0206. The normalized spacial score (nSPS) is 28.5. The first-order valence-corrected chi connectivity index (χ1v) is 22.0. The molecule has 314 valence electrons. The molecule has 3 aromatic carbocycles. The number of hydrogen-bond acceptors (Lipinski definition) is 11. The zero-order chi connectivity index (χ0) is 42.4. The van der Waals surface area contributed by atoms with Gasteiger partial charge in [0.05, 0.1) is 0 Å². The van der Waals surface area contributed by atoms with Gasteiger partial charge in [-0.1, -0.05) is 31.9 Å². The van der Waals surface area contributed by atoms with Crippen molar-refractivity contribution in [1.29, 1.82) is 0 Å². The number of aliphatic hydroxyl groups excluding tert-OH is 1. The molecule has 0 radical (unpaired) electrons. The number of hydrogen-bond donors (Lipinski definition) is 4. The van der Waals surface area contributed by atoms with Gasteiger partial charge in [0.25, 0.3) is 0 Å². The zero-order valence-corrected chi connectivity index (χ0v) is 35.0. The molecule has 2 heterocycles. The molecule has 1 aromatic heterocycles. The largest absolute Gasteiger partial charge is 0.508 e. The van der Waals surface area contributed by atoms with Crippen molar-refractivity contribution < 1.29 is 44.3 Å². The first-order valence-electron chi connectivity index (χ1n) is 21.1. The molecule has 0 bridgehead atoms. The van der Waals surface area contributed by atoms with Crippen molar-refractivity contribution in [3.8, 4) is 27.7 Å². The van der Waals surface area contributed by atoms with Gasteiger partial charge >= 0.3 is 0 Å². The molecule has 0 unspecified atom stereocenters. The van der Waals surface area contributed by atoms with E-state index in [1.54, 1.807) is 54.6 Å². The Kier molecular flexibility index (Phi) is 11.5. The predicted octanol–water partition coefficient (Wildman–Crippen LogP) is 7.84. The number of rotatable bonds is 9. The lowest BCUT2D eigenvalue weighted by atomic mass is 9.46. The first-order chi connectivity index (χ1) is 28.8. The standard InChI is InChI=1S/C28H27NO4S.C21H26O5/c30-21-8-4-20(5-9-21)28-26(24-13-10-22(31)18-25(24)34-28)27(32)19-6-11-23(12-7-19)33-17-16-29-14-2-1-3-15-29;1-19-7-5-13(23)9-12(19)3-4-14-15-6-8-21(26,17(25)11-22)20(15,2)10-16(24)18(14)19/h4-13,18,30-31H,1-3,14-17H2;5,7,9,14-15,18,22,26H,3-4,6,8,10-11H2,1-2H3/t;14-,15-,18+,19-,20-,21-/m.0/s1. The molecule has 11 heteroatoms. The van der Waals surface area contributed by atoms with Crippen molar-refractivity contribution in [3.63, 3.8) is 0 Å². The number of carbonyl (C=O) groups excluding carboxylic acids is 4. The van der Waals surface area contributed by atoms with Crippen molar-refractivity contribution in [2.45, 2.75) is 70.8 Å². The van der Waals surface area contributed by atoms with Crippen LogP contribution in [0.1, 0.15) is 81.1 Å².